The third-order valence-electron chi connectivity index (χ3n) is 2.32. The molecule has 0 aliphatic carbocycles. The molecule has 1 aromatic heterocycles. The average Bonchev–Trinajstić information content (AvgIpc) is 2.84. The van der Waals surface area contributed by atoms with Crippen molar-refractivity contribution in [3.05, 3.63) is 40.7 Å². The van der Waals surface area contributed by atoms with Gasteiger partial charge in [-0.2, -0.15) is 0 Å². The van der Waals surface area contributed by atoms with Crippen LogP contribution in [0.15, 0.2) is 33.9 Å². The second-order valence-corrected chi connectivity index (χ2v) is 5.13. The molecule has 6 heteroatoms. The van der Waals surface area contributed by atoms with Crippen LogP contribution in [0.4, 0.5) is 0 Å². The van der Waals surface area contributed by atoms with Crippen molar-refractivity contribution in [1.29, 1.82) is 0 Å². The molecule has 0 aliphatic heterocycles. The highest BCUT2D eigenvalue weighted by molar-refractivity contribution is 7.98. The number of benzene rings is 1. The molecule has 2 rings (SSSR count). The fraction of sp³-hybridized carbons (Fsp3) is 0.333. The smallest absolute Gasteiger partial charge is 0.276 e. The summed E-state index contributed by atoms with van der Waals surface area (Å²) in [6, 6.07) is 7.72. The molecule has 0 unspecified atom stereocenters. The summed E-state index contributed by atoms with van der Waals surface area (Å²) in [5.74, 6) is 1.44. The highest BCUT2D eigenvalue weighted by Gasteiger charge is 2.06. The highest BCUT2D eigenvalue weighted by Crippen LogP contribution is 2.22. The molecule has 1 aromatic carbocycles. The van der Waals surface area contributed by atoms with Gasteiger partial charge in [-0.1, -0.05) is 35.5 Å². The second-order valence-electron chi connectivity index (χ2n) is 3.77. The van der Waals surface area contributed by atoms with Crippen LogP contribution in [0.1, 0.15) is 17.9 Å². The fourth-order valence-corrected chi connectivity index (χ4v) is 2.24. The number of rotatable bonds is 6. The first kappa shape index (κ1) is 13.4. The van der Waals surface area contributed by atoms with E-state index in [1.165, 1.54) is 17.3 Å². The maximum Gasteiger partial charge on any atom is 0.276 e. The number of aromatic nitrogens is 2. The Morgan fingerprint density at radius 3 is 2.72 bits per heavy atom. The number of thioether (sulfide) groups is 1. The van der Waals surface area contributed by atoms with Crippen LogP contribution in [0, 0.1) is 0 Å². The minimum atomic E-state index is 0.594. The lowest BCUT2D eigenvalue weighted by Crippen LogP contribution is -2.00. The van der Waals surface area contributed by atoms with Crippen LogP contribution in [0.25, 0.3) is 0 Å². The molecule has 0 spiro atoms. The quantitative estimate of drug-likeness (QED) is 0.826. The number of nitrogens with two attached hydrogens (primary N) is 1. The molecule has 0 amide bonds. The molecule has 0 saturated heterocycles. The van der Waals surface area contributed by atoms with E-state index in [0.717, 1.165) is 23.6 Å². The fourth-order valence-electron chi connectivity index (χ4n) is 1.38. The number of halogens is 1. The van der Waals surface area contributed by atoms with Gasteiger partial charge in [0.1, 0.15) is 0 Å². The van der Waals surface area contributed by atoms with Gasteiger partial charge in [0.15, 0.2) is 0 Å². The third kappa shape index (κ3) is 4.01. The van der Waals surface area contributed by atoms with E-state index in [-0.39, 0.29) is 0 Å². The predicted molar refractivity (Wildman–Crippen MR) is 72.7 cm³/mol. The lowest BCUT2D eigenvalue weighted by atomic mass is 10.2. The standard InChI is InChI=1S/C12H14ClN3OS/c13-10-5-3-9(4-6-10)8-18-12-16-15-11(17-12)2-1-7-14/h3-6H,1-2,7-8,14H2. The third-order valence-corrected chi connectivity index (χ3v) is 3.46. The van der Waals surface area contributed by atoms with Gasteiger partial charge in [-0.15, -0.1) is 10.2 Å². The molecular weight excluding hydrogens is 270 g/mol. The zero-order valence-corrected chi connectivity index (χ0v) is 11.4. The molecule has 2 N–H and O–H groups in total. The Bertz CT molecular complexity index is 486. The maximum atomic E-state index is 5.82. The summed E-state index contributed by atoms with van der Waals surface area (Å²) >= 11 is 7.34. The zero-order chi connectivity index (χ0) is 12.8. The van der Waals surface area contributed by atoms with Crippen molar-refractivity contribution >= 4 is 23.4 Å². The normalized spacial score (nSPS) is 10.8. The topological polar surface area (TPSA) is 64.9 Å². The summed E-state index contributed by atoms with van der Waals surface area (Å²) in [5.41, 5.74) is 6.60. The number of hydrogen-bond acceptors (Lipinski definition) is 5. The van der Waals surface area contributed by atoms with E-state index in [9.17, 15) is 0 Å². The molecule has 0 radical (unpaired) electrons. The highest BCUT2D eigenvalue weighted by atomic mass is 35.5. The van der Waals surface area contributed by atoms with Crippen LogP contribution < -0.4 is 5.73 Å². The molecule has 0 saturated carbocycles. The van der Waals surface area contributed by atoms with E-state index in [0.29, 0.717) is 17.7 Å². The van der Waals surface area contributed by atoms with Crippen molar-refractivity contribution in [2.45, 2.75) is 23.8 Å². The molecule has 2 aromatic rings. The van der Waals surface area contributed by atoms with Crippen LogP contribution >= 0.6 is 23.4 Å². The largest absolute Gasteiger partial charge is 0.416 e. The van der Waals surface area contributed by atoms with E-state index in [1.807, 2.05) is 24.3 Å². The zero-order valence-electron chi connectivity index (χ0n) is 9.80. The van der Waals surface area contributed by atoms with E-state index in [4.69, 9.17) is 21.8 Å². The van der Waals surface area contributed by atoms with E-state index in [2.05, 4.69) is 10.2 Å². The Hall–Kier alpha value is -1.04. The molecule has 96 valence electrons. The first-order valence-corrected chi connectivity index (χ1v) is 7.04. The summed E-state index contributed by atoms with van der Waals surface area (Å²) < 4.78 is 5.49. The molecule has 0 fully saturated rings. The lowest BCUT2D eigenvalue weighted by Gasteiger charge is -1.98. The van der Waals surface area contributed by atoms with Gasteiger partial charge < -0.3 is 10.2 Å². The summed E-state index contributed by atoms with van der Waals surface area (Å²) in [5, 5.41) is 9.28. The summed E-state index contributed by atoms with van der Waals surface area (Å²) in [6.45, 7) is 0.635. The van der Waals surface area contributed by atoms with Crippen molar-refractivity contribution in [2.24, 2.45) is 5.73 Å². The van der Waals surface area contributed by atoms with Crippen LogP contribution in [-0.2, 0) is 12.2 Å². The summed E-state index contributed by atoms with van der Waals surface area (Å²) in [7, 11) is 0. The average molecular weight is 284 g/mol. The summed E-state index contributed by atoms with van der Waals surface area (Å²) in [6.07, 6.45) is 1.61. The van der Waals surface area contributed by atoms with Gasteiger partial charge in [-0.25, -0.2) is 0 Å². The minimum absolute atomic E-state index is 0.594. The summed E-state index contributed by atoms with van der Waals surface area (Å²) in [4.78, 5) is 0. The van der Waals surface area contributed by atoms with Crippen molar-refractivity contribution in [3.8, 4) is 0 Å². The Kier molecular flexibility index (Phi) is 5.04. The first-order chi connectivity index (χ1) is 8.78. The van der Waals surface area contributed by atoms with Gasteiger partial charge in [0.25, 0.3) is 5.22 Å². The maximum absolute atomic E-state index is 5.82. The number of hydrogen-bond donors (Lipinski definition) is 1. The first-order valence-electron chi connectivity index (χ1n) is 5.67. The van der Waals surface area contributed by atoms with Crippen molar-refractivity contribution in [1.82, 2.24) is 10.2 Å². The molecule has 4 nitrogen and oxygen atoms in total. The molecule has 0 atom stereocenters. The Labute approximate surface area is 115 Å². The molecular formula is C12H14ClN3OS. The molecule has 0 aliphatic rings. The van der Waals surface area contributed by atoms with Crippen LogP contribution in [0.5, 0.6) is 0 Å². The second kappa shape index (κ2) is 6.78. The van der Waals surface area contributed by atoms with E-state index in [1.54, 1.807) is 0 Å². The van der Waals surface area contributed by atoms with Crippen molar-refractivity contribution in [3.63, 3.8) is 0 Å². The van der Waals surface area contributed by atoms with Crippen molar-refractivity contribution in [2.75, 3.05) is 6.54 Å². The Balaban J connectivity index is 1.86. The monoisotopic (exact) mass is 283 g/mol. The SMILES string of the molecule is NCCCc1nnc(SCc2ccc(Cl)cc2)o1. The molecule has 1 heterocycles. The van der Waals surface area contributed by atoms with E-state index >= 15 is 0 Å². The van der Waals surface area contributed by atoms with Gasteiger partial charge in [0.2, 0.25) is 5.89 Å². The minimum Gasteiger partial charge on any atom is -0.416 e. The van der Waals surface area contributed by atoms with Gasteiger partial charge in [-0.3, -0.25) is 0 Å². The van der Waals surface area contributed by atoms with Gasteiger partial charge >= 0.3 is 0 Å². The van der Waals surface area contributed by atoms with Crippen LogP contribution in [0.2, 0.25) is 5.02 Å². The van der Waals surface area contributed by atoms with Gasteiger partial charge in [-0.05, 0) is 30.7 Å². The van der Waals surface area contributed by atoms with E-state index < -0.39 is 0 Å². The van der Waals surface area contributed by atoms with Gasteiger partial charge in [0.05, 0.1) is 0 Å². The Morgan fingerprint density at radius 2 is 2.00 bits per heavy atom. The lowest BCUT2D eigenvalue weighted by molar-refractivity contribution is 0.410. The number of aryl methyl sites for hydroxylation is 1. The Morgan fingerprint density at radius 1 is 1.22 bits per heavy atom. The number of nitrogens with zero attached hydrogens (tertiary/aromatic N) is 2. The predicted octanol–water partition coefficient (Wildman–Crippen LogP) is 2.91. The van der Waals surface area contributed by atoms with Gasteiger partial charge in [0, 0.05) is 17.2 Å². The molecule has 0 bridgehead atoms. The van der Waals surface area contributed by atoms with Crippen LogP contribution in [-0.4, -0.2) is 16.7 Å². The van der Waals surface area contributed by atoms with Crippen LogP contribution in [0.3, 0.4) is 0 Å². The molecule has 18 heavy (non-hydrogen) atoms. The van der Waals surface area contributed by atoms with Crippen molar-refractivity contribution < 1.29 is 4.42 Å².